The third-order valence-electron chi connectivity index (χ3n) is 3.78. The Labute approximate surface area is 120 Å². The van der Waals surface area contributed by atoms with Gasteiger partial charge in [0.2, 0.25) is 0 Å². The standard InChI is InChI=1S/C16H24N2O2/c1-4-18(10-11(2)3)15-13(16(19)20)9-12-7-5-6-8-14(12)17-15/h9,11H,4-8,10H2,1-3H3,(H,19,20). The highest BCUT2D eigenvalue weighted by Crippen LogP contribution is 2.27. The van der Waals surface area contributed by atoms with Crippen LogP contribution in [0.5, 0.6) is 0 Å². The van der Waals surface area contributed by atoms with E-state index in [4.69, 9.17) is 4.98 Å². The second-order valence-corrected chi connectivity index (χ2v) is 5.91. The molecule has 0 aromatic carbocycles. The predicted octanol–water partition coefficient (Wildman–Crippen LogP) is 3.14. The van der Waals surface area contributed by atoms with Crippen LogP contribution in [0.25, 0.3) is 0 Å². The number of carbonyl (C=O) groups is 1. The molecule has 0 saturated carbocycles. The number of pyridine rings is 1. The number of nitrogens with zero attached hydrogens (tertiary/aromatic N) is 2. The summed E-state index contributed by atoms with van der Waals surface area (Å²) >= 11 is 0. The van der Waals surface area contributed by atoms with Gasteiger partial charge < -0.3 is 10.0 Å². The lowest BCUT2D eigenvalue weighted by molar-refractivity contribution is 0.0697. The number of carboxylic acids is 1. The first-order valence-corrected chi connectivity index (χ1v) is 7.54. The van der Waals surface area contributed by atoms with Gasteiger partial charge in [-0.15, -0.1) is 0 Å². The molecule has 20 heavy (non-hydrogen) atoms. The Kier molecular flexibility index (Phi) is 4.63. The quantitative estimate of drug-likeness (QED) is 0.897. The average molecular weight is 276 g/mol. The van der Waals surface area contributed by atoms with Crippen molar-refractivity contribution in [2.24, 2.45) is 5.92 Å². The zero-order chi connectivity index (χ0) is 14.7. The molecule has 0 saturated heterocycles. The number of aromatic nitrogens is 1. The second kappa shape index (κ2) is 6.25. The minimum atomic E-state index is -0.872. The molecule has 1 aliphatic carbocycles. The molecule has 0 unspecified atom stereocenters. The lowest BCUT2D eigenvalue weighted by atomic mass is 9.94. The Balaban J connectivity index is 2.45. The summed E-state index contributed by atoms with van der Waals surface area (Å²) < 4.78 is 0. The summed E-state index contributed by atoms with van der Waals surface area (Å²) in [4.78, 5) is 18.3. The van der Waals surface area contributed by atoms with Crippen LogP contribution >= 0.6 is 0 Å². The molecule has 1 aromatic rings. The first-order valence-electron chi connectivity index (χ1n) is 7.54. The molecule has 0 atom stereocenters. The summed E-state index contributed by atoms with van der Waals surface area (Å²) in [6, 6.07) is 1.85. The molecule has 0 aliphatic heterocycles. The van der Waals surface area contributed by atoms with Gasteiger partial charge in [-0.05, 0) is 50.2 Å². The SMILES string of the molecule is CCN(CC(C)C)c1nc2c(cc1C(=O)O)CCCC2. The van der Waals surface area contributed by atoms with Gasteiger partial charge in [-0.1, -0.05) is 13.8 Å². The van der Waals surface area contributed by atoms with E-state index in [0.29, 0.717) is 17.3 Å². The maximum absolute atomic E-state index is 11.5. The molecular formula is C16H24N2O2. The Morgan fingerprint density at radius 2 is 2.10 bits per heavy atom. The number of aromatic carboxylic acids is 1. The fourth-order valence-electron chi connectivity index (χ4n) is 2.83. The van der Waals surface area contributed by atoms with Crippen molar-refractivity contribution in [3.8, 4) is 0 Å². The molecule has 1 N–H and O–H groups in total. The molecular weight excluding hydrogens is 252 g/mol. The van der Waals surface area contributed by atoms with Crippen molar-refractivity contribution >= 4 is 11.8 Å². The highest BCUT2D eigenvalue weighted by molar-refractivity contribution is 5.93. The maximum Gasteiger partial charge on any atom is 0.339 e. The summed E-state index contributed by atoms with van der Waals surface area (Å²) in [7, 11) is 0. The Morgan fingerprint density at radius 3 is 2.70 bits per heavy atom. The molecule has 0 fully saturated rings. The first-order chi connectivity index (χ1) is 9.52. The van der Waals surface area contributed by atoms with Gasteiger partial charge in [-0.3, -0.25) is 0 Å². The minimum absolute atomic E-state index is 0.355. The summed E-state index contributed by atoms with van der Waals surface area (Å²) in [6.45, 7) is 7.95. The topological polar surface area (TPSA) is 53.4 Å². The van der Waals surface area contributed by atoms with E-state index < -0.39 is 5.97 Å². The average Bonchev–Trinajstić information content (AvgIpc) is 2.43. The van der Waals surface area contributed by atoms with E-state index in [1.807, 2.05) is 6.07 Å². The van der Waals surface area contributed by atoms with Gasteiger partial charge in [0, 0.05) is 18.8 Å². The van der Waals surface area contributed by atoms with Crippen LogP contribution < -0.4 is 4.90 Å². The van der Waals surface area contributed by atoms with Gasteiger partial charge in [-0.25, -0.2) is 9.78 Å². The van der Waals surface area contributed by atoms with Crippen LogP contribution in [-0.4, -0.2) is 29.1 Å². The molecule has 0 spiro atoms. The van der Waals surface area contributed by atoms with E-state index >= 15 is 0 Å². The van der Waals surface area contributed by atoms with Crippen molar-refractivity contribution in [3.63, 3.8) is 0 Å². The van der Waals surface area contributed by atoms with Crippen molar-refractivity contribution in [2.45, 2.75) is 46.5 Å². The number of aryl methyl sites for hydroxylation is 2. The van der Waals surface area contributed by atoms with Crippen LogP contribution in [0.4, 0.5) is 5.82 Å². The van der Waals surface area contributed by atoms with Crippen LogP contribution in [0.15, 0.2) is 6.07 Å². The van der Waals surface area contributed by atoms with Crippen LogP contribution in [0, 0.1) is 5.92 Å². The number of fused-ring (bicyclic) bond motifs is 1. The molecule has 0 radical (unpaired) electrons. The summed E-state index contributed by atoms with van der Waals surface area (Å²) in [5.74, 6) is 0.256. The Bertz CT molecular complexity index is 497. The van der Waals surface area contributed by atoms with Gasteiger partial charge in [0.05, 0.1) is 0 Å². The Hall–Kier alpha value is -1.58. The third kappa shape index (κ3) is 3.11. The highest BCUT2D eigenvalue weighted by atomic mass is 16.4. The molecule has 1 aromatic heterocycles. The van der Waals surface area contributed by atoms with Crippen LogP contribution in [0.1, 0.15) is 55.2 Å². The smallest absolute Gasteiger partial charge is 0.339 e. The summed E-state index contributed by atoms with van der Waals surface area (Å²) in [5.41, 5.74) is 2.57. The van der Waals surface area contributed by atoms with E-state index in [0.717, 1.165) is 50.0 Å². The second-order valence-electron chi connectivity index (χ2n) is 5.91. The van der Waals surface area contributed by atoms with Crippen LogP contribution in [-0.2, 0) is 12.8 Å². The fourth-order valence-corrected chi connectivity index (χ4v) is 2.83. The lowest BCUT2D eigenvalue weighted by Gasteiger charge is -2.27. The molecule has 1 aliphatic rings. The molecule has 4 nitrogen and oxygen atoms in total. The van der Waals surface area contributed by atoms with Gasteiger partial charge in [-0.2, -0.15) is 0 Å². The predicted molar refractivity (Wildman–Crippen MR) is 80.6 cm³/mol. The summed E-state index contributed by atoms with van der Waals surface area (Å²) in [5, 5.41) is 9.48. The maximum atomic E-state index is 11.5. The monoisotopic (exact) mass is 276 g/mol. The first kappa shape index (κ1) is 14.8. The number of carboxylic acid groups (broad SMARTS) is 1. The van der Waals surface area contributed by atoms with Crippen LogP contribution in [0.2, 0.25) is 0 Å². The van der Waals surface area contributed by atoms with E-state index in [-0.39, 0.29) is 0 Å². The van der Waals surface area contributed by atoms with Gasteiger partial charge in [0.15, 0.2) is 0 Å². The largest absolute Gasteiger partial charge is 0.478 e. The molecule has 4 heteroatoms. The van der Waals surface area contributed by atoms with Crippen molar-refractivity contribution < 1.29 is 9.90 Å². The minimum Gasteiger partial charge on any atom is -0.478 e. The summed E-state index contributed by atoms with van der Waals surface area (Å²) in [6.07, 6.45) is 4.22. The number of hydrogen-bond donors (Lipinski definition) is 1. The Morgan fingerprint density at radius 1 is 1.40 bits per heavy atom. The number of hydrogen-bond acceptors (Lipinski definition) is 3. The fraction of sp³-hybridized carbons (Fsp3) is 0.625. The zero-order valence-electron chi connectivity index (χ0n) is 12.6. The van der Waals surface area contributed by atoms with Crippen LogP contribution in [0.3, 0.4) is 0 Å². The van der Waals surface area contributed by atoms with E-state index in [1.54, 1.807) is 0 Å². The van der Waals surface area contributed by atoms with E-state index in [9.17, 15) is 9.90 Å². The highest BCUT2D eigenvalue weighted by Gasteiger charge is 2.22. The normalized spacial score (nSPS) is 14.2. The van der Waals surface area contributed by atoms with E-state index in [1.165, 1.54) is 0 Å². The molecule has 0 bridgehead atoms. The van der Waals surface area contributed by atoms with E-state index in [2.05, 4.69) is 25.7 Å². The third-order valence-corrected chi connectivity index (χ3v) is 3.78. The molecule has 110 valence electrons. The van der Waals surface area contributed by atoms with Crippen molar-refractivity contribution in [3.05, 3.63) is 22.9 Å². The molecule has 2 rings (SSSR count). The number of rotatable bonds is 5. The van der Waals surface area contributed by atoms with Crippen molar-refractivity contribution in [1.29, 1.82) is 0 Å². The zero-order valence-corrected chi connectivity index (χ0v) is 12.6. The van der Waals surface area contributed by atoms with Crippen molar-refractivity contribution in [2.75, 3.05) is 18.0 Å². The van der Waals surface area contributed by atoms with Gasteiger partial charge >= 0.3 is 5.97 Å². The van der Waals surface area contributed by atoms with Gasteiger partial charge in [0.25, 0.3) is 0 Å². The molecule has 1 heterocycles. The lowest BCUT2D eigenvalue weighted by Crippen LogP contribution is -2.30. The van der Waals surface area contributed by atoms with Crippen molar-refractivity contribution in [1.82, 2.24) is 4.98 Å². The van der Waals surface area contributed by atoms with Gasteiger partial charge in [0.1, 0.15) is 11.4 Å². The molecule has 0 amide bonds. The number of anilines is 1.